The minimum Gasteiger partial charge on any atom is -0.493 e. The zero-order valence-corrected chi connectivity index (χ0v) is 17.7. The summed E-state index contributed by atoms with van der Waals surface area (Å²) in [5.41, 5.74) is 2.09. The van der Waals surface area contributed by atoms with Gasteiger partial charge >= 0.3 is 0 Å². The molecule has 146 valence electrons. The maximum Gasteiger partial charge on any atom is 0.278 e. The van der Waals surface area contributed by atoms with Gasteiger partial charge in [-0.15, -0.1) is 0 Å². The summed E-state index contributed by atoms with van der Waals surface area (Å²) in [6.45, 7) is 6.90. The summed E-state index contributed by atoms with van der Waals surface area (Å²) in [6.07, 6.45) is 0. The molecule has 1 heterocycles. The molecular weight excluding hydrogens is 420 g/mol. The van der Waals surface area contributed by atoms with Gasteiger partial charge in [-0.3, -0.25) is 14.5 Å². The zero-order valence-electron chi connectivity index (χ0n) is 16.2. The first-order valence-electron chi connectivity index (χ1n) is 9.27. The van der Waals surface area contributed by atoms with Crippen molar-refractivity contribution >= 4 is 39.0 Å². The van der Waals surface area contributed by atoms with Gasteiger partial charge < -0.3 is 10.1 Å². The van der Waals surface area contributed by atoms with Crippen molar-refractivity contribution in [2.24, 2.45) is 5.92 Å². The number of rotatable bonds is 7. The molecule has 28 heavy (non-hydrogen) atoms. The zero-order chi connectivity index (χ0) is 20.3. The van der Waals surface area contributed by atoms with Crippen LogP contribution in [0.5, 0.6) is 5.75 Å². The molecule has 2 aromatic rings. The van der Waals surface area contributed by atoms with Crippen LogP contribution in [0.1, 0.15) is 26.3 Å². The monoisotopic (exact) mass is 442 g/mol. The molecule has 2 amide bonds. The van der Waals surface area contributed by atoms with Crippen LogP contribution in [0.15, 0.2) is 58.7 Å². The molecule has 0 unspecified atom stereocenters. The third kappa shape index (κ3) is 4.28. The Morgan fingerprint density at radius 2 is 1.79 bits per heavy atom. The summed E-state index contributed by atoms with van der Waals surface area (Å²) < 4.78 is 6.60. The molecule has 0 fully saturated rings. The van der Waals surface area contributed by atoms with Crippen molar-refractivity contribution in [1.82, 2.24) is 4.90 Å². The van der Waals surface area contributed by atoms with E-state index >= 15 is 0 Å². The van der Waals surface area contributed by atoms with Gasteiger partial charge in [0.05, 0.1) is 12.2 Å². The molecule has 1 N–H and O–H groups in total. The third-order valence-electron chi connectivity index (χ3n) is 4.30. The predicted octanol–water partition coefficient (Wildman–Crippen LogP) is 4.70. The first-order valence-corrected chi connectivity index (χ1v) is 10.1. The number of carbonyl (C=O) groups excluding carboxylic acids is 2. The second-order valence-electron chi connectivity index (χ2n) is 6.97. The fourth-order valence-corrected chi connectivity index (χ4v) is 3.34. The normalized spacial score (nSPS) is 14.2. The topological polar surface area (TPSA) is 58.6 Å². The second kappa shape index (κ2) is 8.61. The van der Waals surface area contributed by atoms with Crippen molar-refractivity contribution in [3.05, 3.63) is 64.3 Å². The number of imide groups is 1. The molecule has 2 aromatic carbocycles. The SMILES string of the molecule is CCN1C(=O)C(Nc2cccc(Br)c2)=C(c2ccc(OCC(C)C)cc2)C1=O. The Morgan fingerprint density at radius 1 is 1.07 bits per heavy atom. The highest BCUT2D eigenvalue weighted by Gasteiger charge is 2.38. The summed E-state index contributed by atoms with van der Waals surface area (Å²) >= 11 is 3.42. The Morgan fingerprint density at radius 3 is 2.39 bits per heavy atom. The van der Waals surface area contributed by atoms with Crippen molar-refractivity contribution in [2.75, 3.05) is 18.5 Å². The molecule has 0 aromatic heterocycles. The second-order valence-corrected chi connectivity index (χ2v) is 7.88. The number of nitrogens with zero attached hydrogens (tertiary/aromatic N) is 1. The molecule has 0 atom stereocenters. The number of nitrogens with one attached hydrogen (secondary N) is 1. The third-order valence-corrected chi connectivity index (χ3v) is 4.80. The molecule has 5 nitrogen and oxygen atoms in total. The minimum absolute atomic E-state index is 0.291. The molecule has 3 rings (SSSR count). The predicted molar refractivity (Wildman–Crippen MR) is 114 cm³/mol. The molecule has 0 radical (unpaired) electrons. The van der Waals surface area contributed by atoms with Crippen LogP contribution in [0.3, 0.4) is 0 Å². The molecule has 0 bridgehead atoms. The van der Waals surface area contributed by atoms with Crippen molar-refractivity contribution in [1.29, 1.82) is 0 Å². The first kappa shape index (κ1) is 20.1. The summed E-state index contributed by atoms with van der Waals surface area (Å²) in [4.78, 5) is 26.9. The van der Waals surface area contributed by atoms with Gasteiger partial charge in [0.2, 0.25) is 0 Å². The van der Waals surface area contributed by atoms with Crippen LogP contribution < -0.4 is 10.1 Å². The molecule has 0 saturated carbocycles. The summed E-state index contributed by atoms with van der Waals surface area (Å²) in [5, 5.41) is 3.14. The lowest BCUT2D eigenvalue weighted by Gasteiger charge is -2.12. The van der Waals surface area contributed by atoms with Gasteiger partial charge in [0, 0.05) is 16.7 Å². The number of amides is 2. The van der Waals surface area contributed by atoms with E-state index in [1.165, 1.54) is 4.90 Å². The van der Waals surface area contributed by atoms with Crippen molar-refractivity contribution in [2.45, 2.75) is 20.8 Å². The van der Waals surface area contributed by atoms with Gasteiger partial charge in [0.25, 0.3) is 11.8 Å². The van der Waals surface area contributed by atoms with Crippen LogP contribution >= 0.6 is 15.9 Å². The van der Waals surface area contributed by atoms with E-state index in [9.17, 15) is 9.59 Å². The van der Waals surface area contributed by atoms with Crippen molar-refractivity contribution in [3.63, 3.8) is 0 Å². The number of hydrogen-bond donors (Lipinski definition) is 1. The van der Waals surface area contributed by atoms with Gasteiger partial charge in [0.1, 0.15) is 11.4 Å². The lowest BCUT2D eigenvalue weighted by Crippen LogP contribution is -2.32. The number of benzene rings is 2. The molecule has 0 aliphatic carbocycles. The highest BCUT2D eigenvalue weighted by Crippen LogP contribution is 2.31. The van der Waals surface area contributed by atoms with Crippen LogP contribution in [0, 0.1) is 5.92 Å². The fourth-order valence-electron chi connectivity index (χ4n) is 2.94. The standard InChI is InChI=1S/C22H23BrN2O3/c1-4-25-21(26)19(15-8-10-18(11-9-15)28-13-14(2)3)20(22(25)27)24-17-7-5-6-16(23)12-17/h5-12,14,24H,4,13H2,1-3H3. The van der Waals surface area contributed by atoms with Gasteiger partial charge in [-0.1, -0.05) is 48.0 Å². The molecule has 0 saturated heterocycles. The Kier molecular flexibility index (Phi) is 6.19. The van der Waals surface area contributed by atoms with E-state index in [-0.39, 0.29) is 11.8 Å². The van der Waals surface area contributed by atoms with E-state index in [1.807, 2.05) is 48.5 Å². The highest BCUT2D eigenvalue weighted by atomic mass is 79.9. The van der Waals surface area contributed by atoms with E-state index in [0.717, 1.165) is 15.9 Å². The molecule has 1 aliphatic rings. The van der Waals surface area contributed by atoms with E-state index in [4.69, 9.17) is 4.74 Å². The molecule has 6 heteroatoms. The van der Waals surface area contributed by atoms with Crippen LogP contribution in [-0.4, -0.2) is 29.9 Å². The van der Waals surface area contributed by atoms with E-state index in [1.54, 1.807) is 6.92 Å². The number of halogens is 1. The Balaban J connectivity index is 1.96. The number of ether oxygens (including phenoxy) is 1. The number of anilines is 1. The lowest BCUT2D eigenvalue weighted by molar-refractivity contribution is -0.136. The molecule has 0 spiro atoms. The van der Waals surface area contributed by atoms with Gasteiger partial charge in [-0.05, 0) is 48.7 Å². The maximum absolute atomic E-state index is 12.9. The van der Waals surface area contributed by atoms with Crippen LogP contribution in [0.4, 0.5) is 5.69 Å². The number of carbonyl (C=O) groups is 2. The fraction of sp³-hybridized carbons (Fsp3) is 0.273. The quantitative estimate of drug-likeness (QED) is 0.631. The van der Waals surface area contributed by atoms with Gasteiger partial charge in [-0.25, -0.2) is 0 Å². The van der Waals surface area contributed by atoms with E-state index in [0.29, 0.717) is 35.9 Å². The highest BCUT2D eigenvalue weighted by molar-refractivity contribution is 9.10. The van der Waals surface area contributed by atoms with Crippen molar-refractivity contribution in [3.8, 4) is 5.75 Å². The minimum atomic E-state index is -0.317. The Labute approximate surface area is 173 Å². The smallest absolute Gasteiger partial charge is 0.278 e. The largest absolute Gasteiger partial charge is 0.493 e. The first-order chi connectivity index (χ1) is 13.4. The number of likely N-dealkylation sites (N-methyl/N-ethyl adjacent to an activating group) is 1. The van der Waals surface area contributed by atoms with Gasteiger partial charge in [-0.2, -0.15) is 0 Å². The van der Waals surface area contributed by atoms with Gasteiger partial charge in [0.15, 0.2) is 0 Å². The lowest BCUT2D eigenvalue weighted by atomic mass is 10.0. The Bertz CT molecular complexity index is 920. The Hall–Kier alpha value is -2.60. The average molecular weight is 443 g/mol. The van der Waals surface area contributed by atoms with Crippen LogP contribution in [0.2, 0.25) is 0 Å². The van der Waals surface area contributed by atoms with Crippen LogP contribution in [0.25, 0.3) is 5.57 Å². The van der Waals surface area contributed by atoms with Crippen molar-refractivity contribution < 1.29 is 14.3 Å². The summed E-state index contributed by atoms with van der Waals surface area (Å²) in [7, 11) is 0. The molecular formula is C22H23BrN2O3. The number of hydrogen-bond acceptors (Lipinski definition) is 4. The summed E-state index contributed by atoms with van der Waals surface area (Å²) in [5.74, 6) is 0.558. The van der Waals surface area contributed by atoms with E-state index < -0.39 is 0 Å². The maximum atomic E-state index is 12.9. The van der Waals surface area contributed by atoms with E-state index in [2.05, 4.69) is 35.1 Å². The summed E-state index contributed by atoms with van der Waals surface area (Å²) in [6, 6.07) is 14.8. The molecule has 1 aliphatic heterocycles. The average Bonchev–Trinajstić information content (AvgIpc) is 2.90. The van der Waals surface area contributed by atoms with Crippen LogP contribution in [-0.2, 0) is 9.59 Å².